The maximum Gasteiger partial charge on any atom is 0.407 e. The van der Waals surface area contributed by atoms with Gasteiger partial charge in [-0.2, -0.15) is 0 Å². The average molecular weight is 473 g/mol. The van der Waals surface area contributed by atoms with Crippen LogP contribution in [0.2, 0.25) is 5.02 Å². The normalized spacial score (nSPS) is 11.2. The fourth-order valence-corrected chi connectivity index (χ4v) is 3.22. The minimum absolute atomic E-state index is 0.377. The molecule has 3 aromatic rings. The third-order valence-corrected chi connectivity index (χ3v) is 4.86. The molecule has 0 aliphatic carbocycles. The Morgan fingerprint density at radius 2 is 1.91 bits per heavy atom. The van der Waals surface area contributed by atoms with E-state index in [1.54, 1.807) is 13.2 Å². The summed E-state index contributed by atoms with van der Waals surface area (Å²) in [6.07, 6.45) is 1.64. The van der Waals surface area contributed by atoms with Crippen molar-refractivity contribution in [1.82, 2.24) is 15.3 Å². The van der Waals surface area contributed by atoms with E-state index in [9.17, 15) is 4.79 Å². The minimum atomic E-state index is -0.531. The molecular formula is C24H29ClN4O4. The zero-order valence-corrected chi connectivity index (χ0v) is 20.2. The highest BCUT2D eigenvalue weighted by Crippen LogP contribution is 2.35. The maximum atomic E-state index is 11.7. The van der Waals surface area contributed by atoms with Crippen LogP contribution in [0.4, 0.5) is 16.3 Å². The Hall–Kier alpha value is -3.26. The molecule has 0 saturated heterocycles. The number of ether oxygens (including phenoxy) is 3. The monoisotopic (exact) mass is 472 g/mol. The second kappa shape index (κ2) is 10.6. The number of anilines is 2. The van der Waals surface area contributed by atoms with E-state index in [1.165, 1.54) is 6.33 Å². The van der Waals surface area contributed by atoms with Gasteiger partial charge in [0.15, 0.2) is 11.5 Å². The van der Waals surface area contributed by atoms with E-state index in [1.807, 2.05) is 52.0 Å². The SMILES string of the molecule is COc1cc2ncnc(Nc3cc(Cl)ccc3C)c2cc1OCCCNC(=O)OC(C)(C)C. The fraction of sp³-hybridized carbons (Fsp3) is 0.375. The summed E-state index contributed by atoms with van der Waals surface area (Å²) in [6, 6.07) is 9.29. The summed E-state index contributed by atoms with van der Waals surface area (Å²) in [5.41, 5.74) is 2.07. The molecule has 1 aromatic heterocycles. The van der Waals surface area contributed by atoms with Crippen molar-refractivity contribution in [2.75, 3.05) is 25.6 Å². The second-order valence-corrected chi connectivity index (χ2v) is 8.89. The molecule has 9 heteroatoms. The highest BCUT2D eigenvalue weighted by molar-refractivity contribution is 6.30. The zero-order valence-electron chi connectivity index (χ0n) is 19.5. The van der Waals surface area contributed by atoms with Gasteiger partial charge in [-0.25, -0.2) is 14.8 Å². The molecule has 0 atom stereocenters. The molecule has 8 nitrogen and oxygen atoms in total. The summed E-state index contributed by atoms with van der Waals surface area (Å²) in [7, 11) is 1.58. The van der Waals surface area contributed by atoms with Gasteiger partial charge in [0.05, 0.1) is 19.2 Å². The van der Waals surface area contributed by atoms with Crippen LogP contribution >= 0.6 is 11.6 Å². The highest BCUT2D eigenvalue weighted by atomic mass is 35.5. The van der Waals surface area contributed by atoms with Crippen molar-refractivity contribution in [3.8, 4) is 11.5 Å². The molecule has 0 unspecified atom stereocenters. The van der Waals surface area contributed by atoms with Crippen LogP contribution in [0.3, 0.4) is 0 Å². The molecule has 2 N–H and O–H groups in total. The van der Waals surface area contributed by atoms with Gasteiger partial charge in [-0.1, -0.05) is 17.7 Å². The first-order valence-electron chi connectivity index (χ1n) is 10.6. The quantitative estimate of drug-likeness (QED) is 0.410. The summed E-state index contributed by atoms with van der Waals surface area (Å²) < 4.78 is 16.7. The standard InChI is InChI=1S/C24H29ClN4O4/c1-15-7-8-16(25)11-18(15)29-22-17-12-21(20(31-5)13-19(17)27-14-28-22)32-10-6-9-26-23(30)33-24(2,3)4/h7-8,11-14H,6,9-10H2,1-5H3,(H,26,30)(H,27,28,29). The lowest BCUT2D eigenvalue weighted by atomic mass is 10.1. The van der Waals surface area contributed by atoms with Crippen molar-refractivity contribution in [2.24, 2.45) is 0 Å². The fourth-order valence-electron chi connectivity index (χ4n) is 3.05. The summed E-state index contributed by atoms with van der Waals surface area (Å²) >= 11 is 6.16. The van der Waals surface area contributed by atoms with Crippen LogP contribution in [-0.2, 0) is 4.74 Å². The average Bonchev–Trinajstić information content (AvgIpc) is 2.74. The van der Waals surface area contributed by atoms with Crippen molar-refractivity contribution < 1.29 is 19.0 Å². The molecule has 176 valence electrons. The topological polar surface area (TPSA) is 94.6 Å². The number of hydrogen-bond donors (Lipinski definition) is 2. The number of rotatable bonds is 8. The van der Waals surface area contributed by atoms with Crippen LogP contribution in [0.15, 0.2) is 36.7 Å². The molecule has 0 aliphatic rings. The van der Waals surface area contributed by atoms with Gasteiger partial charge < -0.3 is 24.8 Å². The Labute approximate surface area is 198 Å². The van der Waals surface area contributed by atoms with E-state index in [2.05, 4.69) is 20.6 Å². The summed E-state index contributed by atoms with van der Waals surface area (Å²) in [5.74, 6) is 1.75. The van der Waals surface area contributed by atoms with Gasteiger partial charge in [-0.05, 0) is 57.9 Å². The largest absolute Gasteiger partial charge is 0.493 e. The Morgan fingerprint density at radius 3 is 2.64 bits per heavy atom. The van der Waals surface area contributed by atoms with Crippen LogP contribution in [-0.4, -0.2) is 41.9 Å². The summed E-state index contributed by atoms with van der Waals surface area (Å²) in [6.45, 7) is 8.26. The number of nitrogens with zero attached hydrogens (tertiary/aromatic N) is 2. The number of nitrogens with one attached hydrogen (secondary N) is 2. The number of methoxy groups -OCH3 is 1. The Bertz CT molecular complexity index is 1130. The molecule has 33 heavy (non-hydrogen) atoms. The van der Waals surface area contributed by atoms with Gasteiger partial charge >= 0.3 is 6.09 Å². The van der Waals surface area contributed by atoms with Crippen molar-refractivity contribution in [3.63, 3.8) is 0 Å². The molecule has 0 saturated carbocycles. The number of halogens is 1. The van der Waals surface area contributed by atoms with Crippen molar-refractivity contribution in [1.29, 1.82) is 0 Å². The molecule has 1 amide bonds. The molecule has 2 aromatic carbocycles. The number of aryl methyl sites for hydroxylation is 1. The molecule has 0 spiro atoms. The predicted molar refractivity (Wildman–Crippen MR) is 130 cm³/mol. The Balaban J connectivity index is 1.72. The highest BCUT2D eigenvalue weighted by Gasteiger charge is 2.16. The van der Waals surface area contributed by atoms with Gasteiger partial charge in [-0.3, -0.25) is 0 Å². The number of alkyl carbamates (subject to hydrolysis) is 1. The molecule has 3 rings (SSSR count). The first-order chi connectivity index (χ1) is 15.7. The van der Waals surface area contributed by atoms with Gasteiger partial charge in [0.2, 0.25) is 0 Å². The van der Waals surface area contributed by atoms with Crippen molar-refractivity contribution in [3.05, 3.63) is 47.2 Å². The number of fused-ring (bicyclic) bond motifs is 1. The van der Waals surface area contributed by atoms with Crippen LogP contribution in [0.1, 0.15) is 32.8 Å². The molecule has 0 bridgehead atoms. The van der Waals surface area contributed by atoms with Gasteiger partial charge in [0.25, 0.3) is 0 Å². The molecule has 1 heterocycles. The van der Waals surface area contributed by atoms with Gasteiger partial charge in [0.1, 0.15) is 17.7 Å². The maximum absolute atomic E-state index is 11.7. The molecule has 0 radical (unpaired) electrons. The lowest BCUT2D eigenvalue weighted by Gasteiger charge is -2.19. The molecule has 0 aliphatic heterocycles. The predicted octanol–water partition coefficient (Wildman–Crippen LogP) is 5.64. The number of aromatic nitrogens is 2. The van der Waals surface area contributed by atoms with E-state index >= 15 is 0 Å². The van der Waals surface area contributed by atoms with Crippen LogP contribution in [0.25, 0.3) is 10.9 Å². The Kier molecular flexibility index (Phi) is 7.81. The minimum Gasteiger partial charge on any atom is -0.493 e. The molecule has 0 fully saturated rings. The number of carbonyl (C=O) groups is 1. The lowest BCUT2D eigenvalue weighted by Crippen LogP contribution is -2.33. The summed E-state index contributed by atoms with van der Waals surface area (Å²) in [5, 5.41) is 7.46. The first kappa shape index (κ1) is 24.4. The number of hydrogen-bond acceptors (Lipinski definition) is 7. The number of amides is 1. The van der Waals surface area contributed by atoms with Crippen molar-refractivity contribution >= 4 is 40.1 Å². The van der Waals surface area contributed by atoms with E-state index in [0.717, 1.165) is 16.6 Å². The second-order valence-electron chi connectivity index (χ2n) is 8.46. The van der Waals surface area contributed by atoms with Crippen LogP contribution in [0, 0.1) is 6.92 Å². The number of benzene rings is 2. The van der Waals surface area contributed by atoms with E-state index in [0.29, 0.717) is 47.4 Å². The third-order valence-electron chi connectivity index (χ3n) is 4.62. The number of carbonyl (C=O) groups excluding carboxylic acids is 1. The van der Waals surface area contributed by atoms with Crippen LogP contribution < -0.4 is 20.1 Å². The third kappa shape index (κ3) is 6.86. The first-order valence-corrected chi connectivity index (χ1v) is 11.0. The van der Waals surface area contributed by atoms with Crippen molar-refractivity contribution in [2.45, 2.75) is 39.7 Å². The Morgan fingerprint density at radius 1 is 1.12 bits per heavy atom. The van der Waals surface area contributed by atoms with Gasteiger partial charge in [-0.15, -0.1) is 0 Å². The zero-order chi connectivity index (χ0) is 24.0. The lowest BCUT2D eigenvalue weighted by molar-refractivity contribution is 0.0525. The molecular weight excluding hydrogens is 444 g/mol. The van der Waals surface area contributed by atoms with E-state index in [-0.39, 0.29) is 0 Å². The smallest absolute Gasteiger partial charge is 0.407 e. The summed E-state index contributed by atoms with van der Waals surface area (Å²) in [4.78, 5) is 20.5. The van der Waals surface area contributed by atoms with E-state index in [4.69, 9.17) is 25.8 Å². The van der Waals surface area contributed by atoms with Gasteiger partial charge in [0, 0.05) is 28.7 Å². The van der Waals surface area contributed by atoms with E-state index < -0.39 is 11.7 Å². The van der Waals surface area contributed by atoms with Crippen LogP contribution in [0.5, 0.6) is 11.5 Å².